The lowest BCUT2D eigenvalue weighted by Gasteiger charge is -2.19. The maximum atomic E-state index is 12.8. The first-order valence-electron chi connectivity index (χ1n) is 6.31. The Balaban J connectivity index is 0.00000161. The van der Waals surface area contributed by atoms with Gasteiger partial charge in [-0.05, 0) is 36.4 Å². The first-order valence-corrected chi connectivity index (χ1v) is 6.31. The van der Waals surface area contributed by atoms with E-state index in [9.17, 15) is 4.39 Å². The van der Waals surface area contributed by atoms with Crippen molar-refractivity contribution in [3.63, 3.8) is 0 Å². The first kappa shape index (κ1) is 15.1. The van der Waals surface area contributed by atoms with Crippen LogP contribution in [0.15, 0.2) is 41.5 Å². The van der Waals surface area contributed by atoms with Gasteiger partial charge in [-0.3, -0.25) is 5.43 Å². The average Bonchev–Trinajstić information content (AvgIpc) is 2.46. The number of nitrogens with zero attached hydrogens (tertiary/aromatic N) is 2. The van der Waals surface area contributed by atoms with Crippen molar-refractivity contribution < 1.29 is 4.39 Å². The van der Waals surface area contributed by atoms with Gasteiger partial charge in [-0.25, -0.2) is 9.37 Å². The molecule has 7 heteroatoms. The normalized spacial score (nSPS) is 14.8. The fraction of sp³-hybridized carbons (Fsp3) is 0.143. The Morgan fingerprint density at radius 2 is 1.95 bits per heavy atom. The largest absolute Gasteiger partial charge is 0.384 e. The number of hydrogen-bond acceptors (Lipinski definition) is 5. The molecular formula is C14H15ClFN5. The van der Waals surface area contributed by atoms with Crippen LogP contribution in [0.1, 0.15) is 12.0 Å². The van der Waals surface area contributed by atoms with E-state index in [1.165, 1.54) is 12.1 Å². The van der Waals surface area contributed by atoms with Gasteiger partial charge in [-0.1, -0.05) is 0 Å². The maximum absolute atomic E-state index is 12.8. The monoisotopic (exact) mass is 307 g/mol. The second-order valence-electron chi connectivity index (χ2n) is 4.49. The van der Waals surface area contributed by atoms with Gasteiger partial charge in [0, 0.05) is 18.5 Å². The molecule has 0 fully saturated rings. The number of rotatable bonds is 2. The number of benzene rings is 1. The average molecular weight is 308 g/mol. The molecule has 1 aliphatic rings. The number of anilines is 3. The van der Waals surface area contributed by atoms with Gasteiger partial charge >= 0.3 is 0 Å². The van der Waals surface area contributed by atoms with E-state index in [1.807, 2.05) is 6.07 Å². The van der Waals surface area contributed by atoms with Gasteiger partial charge in [0.15, 0.2) is 0 Å². The number of halogens is 2. The number of nitrogens with one attached hydrogen (secondary N) is 2. The molecule has 0 unspecified atom stereocenters. The number of hydrogen-bond donors (Lipinski definition) is 3. The van der Waals surface area contributed by atoms with Crippen molar-refractivity contribution in [2.24, 2.45) is 5.10 Å². The molecule has 4 N–H and O–H groups in total. The Labute approximate surface area is 127 Å². The minimum Gasteiger partial charge on any atom is -0.384 e. The highest BCUT2D eigenvalue weighted by Crippen LogP contribution is 2.21. The number of pyridine rings is 1. The predicted octanol–water partition coefficient (Wildman–Crippen LogP) is 2.86. The van der Waals surface area contributed by atoms with E-state index in [0.717, 1.165) is 35.7 Å². The van der Waals surface area contributed by atoms with Crippen LogP contribution >= 0.6 is 12.4 Å². The van der Waals surface area contributed by atoms with Crippen LogP contribution in [0.3, 0.4) is 0 Å². The van der Waals surface area contributed by atoms with Crippen LogP contribution in [-0.2, 0) is 0 Å². The molecule has 0 bridgehead atoms. The summed E-state index contributed by atoms with van der Waals surface area (Å²) in [5, 5.41) is 7.57. The van der Waals surface area contributed by atoms with Gasteiger partial charge in [0.2, 0.25) is 0 Å². The summed E-state index contributed by atoms with van der Waals surface area (Å²) in [6, 6.07) is 9.71. The van der Waals surface area contributed by atoms with E-state index in [4.69, 9.17) is 5.73 Å². The minimum absolute atomic E-state index is 0. The molecule has 0 amide bonds. The van der Waals surface area contributed by atoms with E-state index in [0.29, 0.717) is 5.82 Å². The second-order valence-corrected chi connectivity index (χ2v) is 4.49. The summed E-state index contributed by atoms with van der Waals surface area (Å²) in [4.78, 5) is 4.24. The molecule has 2 aromatic rings. The topological polar surface area (TPSA) is 75.3 Å². The standard InChI is InChI=1S/C14H14FN5.ClH/c15-9-1-3-10(4-2-9)19-20-12-7-8-17-14-11(12)5-6-13(16)18-14;/h1-6,19H,7-8H2,(H3,16,17,18);1H/b20-12+;. The summed E-state index contributed by atoms with van der Waals surface area (Å²) in [7, 11) is 0. The Morgan fingerprint density at radius 1 is 1.19 bits per heavy atom. The predicted molar refractivity (Wildman–Crippen MR) is 85.6 cm³/mol. The first-order chi connectivity index (χ1) is 9.72. The lowest BCUT2D eigenvalue weighted by molar-refractivity contribution is 0.628. The summed E-state index contributed by atoms with van der Waals surface area (Å²) in [6.45, 7) is 0.757. The van der Waals surface area contributed by atoms with Crippen molar-refractivity contribution in [2.75, 3.05) is 23.0 Å². The molecule has 5 nitrogen and oxygen atoms in total. The molecular weight excluding hydrogens is 293 g/mol. The Bertz CT molecular complexity index is 657. The van der Waals surface area contributed by atoms with Crippen LogP contribution in [0.4, 0.5) is 21.7 Å². The molecule has 0 spiro atoms. The lowest BCUT2D eigenvalue weighted by atomic mass is 10.1. The van der Waals surface area contributed by atoms with Gasteiger partial charge in [0.25, 0.3) is 0 Å². The van der Waals surface area contributed by atoms with Crippen molar-refractivity contribution in [3.05, 3.63) is 47.8 Å². The van der Waals surface area contributed by atoms with Crippen LogP contribution in [0.2, 0.25) is 0 Å². The van der Waals surface area contributed by atoms with Crippen LogP contribution < -0.4 is 16.5 Å². The summed E-state index contributed by atoms with van der Waals surface area (Å²) in [5.41, 5.74) is 11.2. The van der Waals surface area contributed by atoms with E-state index >= 15 is 0 Å². The van der Waals surface area contributed by atoms with Crippen LogP contribution in [0.5, 0.6) is 0 Å². The SMILES string of the molecule is Cl.Nc1ccc2c(n1)NCC/C2=N\Nc1ccc(F)cc1. The Morgan fingerprint density at radius 3 is 2.71 bits per heavy atom. The number of hydrazone groups is 1. The summed E-state index contributed by atoms with van der Waals surface area (Å²) < 4.78 is 12.8. The lowest BCUT2D eigenvalue weighted by Crippen LogP contribution is -2.21. The maximum Gasteiger partial charge on any atom is 0.137 e. The number of fused-ring (bicyclic) bond motifs is 1. The van der Waals surface area contributed by atoms with E-state index < -0.39 is 0 Å². The molecule has 0 saturated carbocycles. The van der Waals surface area contributed by atoms with Gasteiger partial charge in [-0.2, -0.15) is 5.10 Å². The molecule has 110 valence electrons. The van der Waals surface area contributed by atoms with E-state index in [2.05, 4.69) is 20.8 Å². The molecule has 0 aliphatic carbocycles. The zero-order chi connectivity index (χ0) is 13.9. The van der Waals surface area contributed by atoms with Crippen molar-refractivity contribution >= 4 is 35.4 Å². The van der Waals surface area contributed by atoms with Crippen LogP contribution in [0, 0.1) is 5.82 Å². The molecule has 0 saturated heterocycles. The number of aromatic nitrogens is 1. The van der Waals surface area contributed by atoms with Gasteiger partial charge in [-0.15, -0.1) is 12.4 Å². The molecule has 3 rings (SSSR count). The smallest absolute Gasteiger partial charge is 0.137 e. The van der Waals surface area contributed by atoms with Gasteiger partial charge in [0.1, 0.15) is 17.5 Å². The van der Waals surface area contributed by atoms with Crippen LogP contribution in [0.25, 0.3) is 0 Å². The van der Waals surface area contributed by atoms with Crippen molar-refractivity contribution in [1.82, 2.24) is 4.98 Å². The number of nitrogen functional groups attached to an aromatic ring is 1. The van der Waals surface area contributed by atoms with E-state index in [1.54, 1.807) is 18.2 Å². The molecule has 1 aromatic heterocycles. The molecule has 2 heterocycles. The molecule has 1 aromatic carbocycles. The summed E-state index contributed by atoms with van der Waals surface area (Å²) >= 11 is 0. The molecule has 0 atom stereocenters. The Kier molecular flexibility index (Phi) is 4.59. The zero-order valence-electron chi connectivity index (χ0n) is 11.1. The highest BCUT2D eigenvalue weighted by molar-refractivity contribution is 6.06. The van der Waals surface area contributed by atoms with Crippen LogP contribution in [-0.4, -0.2) is 17.2 Å². The fourth-order valence-corrected chi connectivity index (χ4v) is 2.05. The van der Waals surface area contributed by atoms with Gasteiger partial charge in [0.05, 0.1) is 11.4 Å². The van der Waals surface area contributed by atoms with Crippen molar-refractivity contribution in [1.29, 1.82) is 0 Å². The highest BCUT2D eigenvalue weighted by Gasteiger charge is 2.16. The molecule has 0 radical (unpaired) electrons. The zero-order valence-corrected chi connectivity index (χ0v) is 12.0. The third-order valence-electron chi connectivity index (χ3n) is 3.05. The van der Waals surface area contributed by atoms with Crippen molar-refractivity contribution in [3.8, 4) is 0 Å². The molecule has 21 heavy (non-hydrogen) atoms. The third kappa shape index (κ3) is 3.41. The van der Waals surface area contributed by atoms with E-state index in [-0.39, 0.29) is 18.2 Å². The van der Waals surface area contributed by atoms with Gasteiger partial charge < -0.3 is 11.1 Å². The second kappa shape index (κ2) is 6.41. The summed E-state index contributed by atoms with van der Waals surface area (Å²) in [6.07, 6.45) is 0.785. The summed E-state index contributed by atoms with van der Waals surface area (Å²) in [5.74, 6) is 0.954. The number of nitrogens with two attached hydrogens (primary N) is 1. The third-order valence-corrected chi connectivity index (χ3v) is 3.05. The molecule has 1 aliphatic heterocycles. The fourth-order valence-electron chi connectivity index (χ4n) is 2.05. The quantitative estimate of drug-likeness (QED) is 0.746. The minimum atomic E-state index is -0.268. The van der Waals surface area contributed by atoms with Crippen molar-refractivity contribution in [2.45, 2.75) is 6.42 Å². The Hall–Kier alpha value is -2.34. The highest BCUT2D eigenvalue weighted by atomic mass is 35.5.